The summed E-state index contributed by atoms with van der Waals surface area (Å²) in [6.45, 7) is 0. The highest BCUT2D eigenvalue weighted by molar-refractivity contribution is 7.99. The SMILES string of the molecule is Nn1c(SCC(=O)Nc2nc(-c3cccc([N+](=O)[O-])c3)cs2)nnc1C1CC1. The van der Waals surface area contributed by atoms with Crippen molar-refractivity contribution in [2.45, 2.75) is 23.9 Å². The van der Waals surface area contributed by atoms with Gasteiger partial charge in [0.15, 0.2) is 11.0 Å². The molecular formula is C16H15N7O3S2. The van der Waals surface area contributed by atoms with Crippen molar-refractivity contribution in [1.82, 2.24) is 19.9 Å². The van der Waals surface area contributed by atoms with E-state index < -0.39 is 4.92 Å². The van der Waals surface area contributed by atoms with Crippen LogP contribution in [-0.4, -0.2) is 36.4 Å². The van der Waals surface area contributed by atoms with Crippen molar-refractivity contribution in [3.63, 3.8) is 0 Å². The Labute approximate surface area is 167 Å². The highest BCUT2D eigenvalue weighted by Crippen LogP contribution is 2.39. The lowest BCUT2D eigenvalue weighted by Gasteiger charge is -2.03. The van der Waals surface area contributed by atoms with Crippen LogP contribution in [0.25, 0.3) is 11.3 Å². The van der Waals surface area contributed by atoms with Crippen molar-refractivity contribution >= 4 is 39.8 Å². The molecule has 12 heteroatoms. The largest absolute Gasteiger partial charge is 0.336 e. The number of nitro benzene ring substituents is 1. The Morgan fingerprint density at radius 3 is 3.00 bits per heavy atom. The van der Waals surface area contributed by atoms with Gasteiger partial charge in [-0.1, -0.05) is 23.9 Å². The predicted octanol–water partition coefficient (Wildman–Crippen LogP) is 2.63. The number of thioether (sulfide) groups is 1. The number of nitro groups is 1. The first kappa shape index (κ1) is 18.4. The van der Waals surface area contributed by atoms with Gasteiger partial charge < -0.3 is 11.2 Å². The van der Waals surface area contributed by atoms with E-state index >= 15 is 0 Å². The molecule has 1 amide bonds. The highest BCUT2D eigenvalue weighted by atomic mass is 32.2. The van der Waals surface area contributed by atoms with E-state index in [0.717, 1.165) is 18.7 Å². The maximum atomic E-state index is 12.2. The Bertz CT molecular complexity index is 1040. The third-order valence-electron chi connectivity index (χ3n) is 4.07. The standard InChI is InChI=1S/C16H15N7O3S2/c17-22-14(9-4-5-9)20-21-16(22)28-8-13(24)19-15-18-12(7-27-15)10-2-1-3-11(6-10)23(25)26/h1-3,6-7,9H,4-5,8,17H2,(H,18,19,24). The number of carbonyl (C=O) groups excluding carboxylic acids is 1. The summed E-state index contributed by atoms with van der Waals surface area (Å²) >= 11 is 2.45. The molecule has 3 N–H and O–H groups in total. The summed E-state index contributed by atoms with van der Waals surface area (Å²) in [7, 11) is 0. The molecule has 28 heavy (non-hydrogen) atoms. The van der Waals surface area contributed by atoms with Gasteiger partial charge in [0.05, 0.1) is 16.4 Å². The first-order valence-corrected chi connectivity index (χ1v) is 10.2. The molecule has 4 rings (SSSR count). The van der Waals surface area contributed by atoms with Gasteiger partial charge in [-0.25, -0.2) is 9.66 Å². The molecule has 0 radical (unpaired) electrons. The smallest absolute Gasteiger partial charge is 0.270 e. The Balaban J connectivity index is 1.36. The molecule has 1 aliphatic carbocycles. The minimum atomic E-state index is -0.458. The number of rotatable bonds is 7. The van der Waals surface area contributed by atoms with Crippen molar-refractivity contribution in [3.05, 3.63) is 45.6 Å². The Kier molecular flexibility index (Phi) is 4.96. The van der Waals surface area contributed by atoms with Gasteiger partial charge in [-0.2, -0.15) is 0 Å². The Hall–Kier alpha value is -2.99. The van der Waals surface area contributed by atoms with E-state index in [9.17, 15) is 14.9 Å². The fourth-order valence-corrected chi connectivity index (χ4v) is 3.93. The van der Waals surface area contributed by atoms with Gasteiger partial charge >= 0.3 is 0 Å². The summed E-state index contributed by atoms with van der Waals surface area (Å²) < 4.78 is 1.44. The minimum absolute atomic E-state index is 0.0102. The molecular weight excluding hydrogens is 402 g/mol. The lowest BCUT2D eigenvalue weighted by Crippen LogP contribution is -2.17. The van der Waals surface area contributed by atoms with Crippen LogP contribution in [0.1, 0.15) is 24.6 Å². The van der Waals surface area contributed by atoms with Crippen LogP contribution in [0.3, 0.4) is 0 Å². The molecule has 1 saturated carbocycles. The van der Waals surface area contributed by atoms with Crippen LogP contribution < -0.4 is 11.2 Å². The van der Waals surface area contributed by atoms with E-state index in [1.54, 1.807) is 17.5 Å². The summed E-state index contributed by atoms with van der Waals surface area (Å²) in [4.78, 5) is 27.0. The second-order valence-corrected chi connectivity index (χ2v) is 7.97. The van der Waals surface area contributed by atoms with Crippen molar-refractivity contribution in [3.8, 4) is 11.3 Å². The van der Waals surface area contributed by atoms with Crippen LogP contribution in [0, 0.1) is 10.1 Å². The molecule has 3 aromatic rings. The number of hydrogen-bond donors (Lipinski definition) is 2. The second-order valence-electron chi connectivity index (χ2n) is 6.17. The topological polar surface area (TPSA) is 142 Å². The Morgan fingerprint density at radius 2 is 2.25 bits per heavy atom. The minimum Gasteiger partial charge on any atom is -0.336 e. The molecule has 0 saturated heterocycles. The van der Waals surface area contributed by atoms with E-state index in [4.69, 9.17) is 5.84 Å². The summed E-state index contributed by atoms with van der Waals surface area (Å²) in [6, 6.07) is 6.19. The average molecular weight is 417 g/mol. The average Bonchev–Trinajstić information content (AvgIpc) is 3.30. The zero-order valence-corrected chi connectivity index (χ0v) is 16.1. The molecule has 0 atom stereocenters. The van der Waals surface area contributed by atoms with Crippen molar-refractivity contribution in [1.29, 1.82) is 0 Å². The number of carbonyl (C=O) groups is 1. The highest BCUT2D eigenvalue weighted by Gasteiger charge is 2.30. The normalized spacial score (nSPS) is 13.4. The molecule has 10 nitrogen and oxygen atoms in total. The quantitative estimate of drug-likeness (QED) is 0.258. The van der Waals surface area contributed by atoms with Gasteiger partial charge in [-0.3, -0.25) is 14.9 Å². The molecule has 2 aromatic heterocycles. The van der Waals surface area contributed by atoms with Crippen molar-refractivity contribution in [2.24, 2.45) is 0 Å². The van der Waals surface area contributed by atoms with Crippen LogP contribution in [-0.2, 0) is 4.79 Å². The molecule has 144 valence electrons. The fraction of sp³-hybridized carbons (Fsp3) is 0.250. The molecule has 0 bridgehead atoms. The summed E-state index contributed by atoms with van der Waals surface area (Å²) in [5.41, 5.74) is 1.17. The first-order valence-electron chi connectivity index (χ1n) is 8.34. The monoisotopic (exact) mass is 417 g/mol. The molecule has 2 heterocycles. The van der Waals surface area contributed by atoms with Gasteiger partial charge in [-0.15, -0.1) is 21.5 Å². The van der Waals surface area contributed by atoms with E-state index in [2.05, 4.69) is 20.5 Å². The number of nitrogens with one attached hydrogen (secondary N) is 1. The number of aromatic nitrogens is 4. The van der Waals surface area contributed by atoms with Crippen LogP contribution in [0.5, 0.6) is 0 Å². The summed E-state index contributed by atoms with van der Waals surface area (Å²) in [5.74, 6) is 6.96. The third kappa shape index (κ3) is 3.97. The van der Waals surface area contributed by atoms with Gasteiger partial charge in [0.1, 0.15) is 0 Å². The fourth-order valence-electron chi connectivity index (χ4n) is 2.53. The summed E-state index contributed by atoms with van der Waals surface area (Å²) in [5, 5.41) is 24.4. The molecule has 0 unspecified atom stereocenters. The van der Waals surface area contributed by atoms with Crippen LogP contribution in [0.2, 0.25) is 0 Å². The third-order valence-corrected chi connectivity index (χ3v) is 5.77. The first-order chi connectivity index (χ1) is 13.5. The van der Waals surface area contributed by atoms with Crippen LogP contribution in [0.15, 0.2) is 34.8 Å². The lowest BCUT2D eigenvalue weighted by atomic mass is 10.1. The predicted molar refractivity (Wildman–Crippen MR) is 106 cm³/mol. The van der Waals surface area contributed by atoms with Gasteiger partial charge in [0, 0.05) is 29.0 Å². The van der Waals surface area contributed by atoms with Crippen LogP contribution >= 0.6 is 23.1 Å². The molecule has 1 aromatic carbocycles. The number of thiazole rings is 1. The summed E-state index contributed by atoms with van der Waals surface area (Å²) in [6.07, 6.45) is 2.13. The number of hydrogen-bond acceptors (Lipinski definition) is 9. The second kappa shape index (κ2) is 7.56. The van der Waals surface area contributed by atoms with Crippen molar-refractivity contribution in [2.75, 3.05) is 16.9 Å². The maximum absolute atomic E-state index is 12.2. The number of non-ortho nitro benzene ring substituents is 1. The van der Waals surface area contributed by atoms with Crippen molar-refractivity contribution < 1.29 is 9.72 Å². The lowest BCUT2D eigenvalue weighted by molar-refractivity contribution is -0.384. The number of nitrogens with zero attached hydrogens (tertiary/aromatic N) is 5. The zero-order valence-electron chi connectivity index (χ0n) is 14.4. The number of amides is 1. The van der Waals surface area contributed by atoms with E-state index in [1.165, 1.54) is 39.9 Å². The van der Waals surface area contributed by atoms with Gasteiger partial charge in [0.2, 0.25) is 11.1 Å². The van der Waals surface area contributed by atoms with E-state index in [-0.39, 0.29) is 17.3 Å². The van der Waals surface area contributed by atoms with Gasteiger partial charge in [0.25, 0.3) is 5.69 Å². The molecule has 0 spiro atoms. The zero-order chi connectivity index (χ0) is 19.7. The molecule has 1 fully saturated rings. The Morgan fingerprint density at radius 1 is 1.43 bits per heavy atom. The number of anilines is 1. The van der Waals surface area contributed by atoms with Crippen LogP contribution in [0.4, 0.5) is 10.8 Å². The molecule has 1 aliphatic rings. The van der Waals surface area contributed by atoms with E-state index in [0.29, 0.717) is 27.5 Å². The van der Waals surface area contributed by atoms with Gasteiger partial charge in [-0.05, 0) is 12.8 Å². The number of benzene rings is 1. The number of nitrogen functional groups attached to an aromatic ring is 1. The maximum Gasteiger partial charge on any atom is 0.270 e. The molecule has 0 aliphatic heterocycles. The van der Waals surface area contributed by atoms with E-state index in [1.807, 2.05) is 0 Å². The number of nitrogens with two attached hydrogens (primary N) is 1.